The number of aryl methyl sites for hydroxylation is 1. The van der Waals surface area contributed by atoms with Gasteiger partial charge >= 0.3 is 5.97 Å². The highest BCUT2D eigenvalue weighted by Crippen LogP contribution is 2.28. The molecule has 1 amide bonds. The number of benzene rings is 1. The van der Waals surface area contributed by atoms with Crippen molar-refractivity contribution < 1.29 is 22.7 Å². The van der Waals surface area contributed by atoms with E-state index >= 15 is 0 Å². The van der Waals surface area contributed by atoms with Crippen LogP contribution in [0.5, 0.6) is 0 Å². The number of anilines is 1. The molecule has 2 heterocycles. The SMILES string of the molecule is CCOC(=O)c1cc(C#N)c(N2CC(C(=O)NS(=O)(=O)Cc3ccccc3Cl)C2)nc1C. The highest BCUT2D eigenvalue weighted by atomic mass is 35.5. The maximum atomic E-state index is 12.4. The Kier molecular flexibility index (Phi) is 7.01. The number of hydrogen-bond acceptors (Lipinski definition) is 8. The fraction of sp³-hybridized carbons (Fsp3) is 0.333. The van der Waals surface area contributed by atoms with E-state index < -0.39 is 33.6 Å². The first-order valence-electron chi connectivity index (χ1n) is 9.76. The third kappa shape index (κ3) is 5.18. The van der Waals surface area contributed by atoms with Crippen molar-refractivity contribution in [3.8, 4) is 6.07 Å². The number of aromatic nitrogens is 1. The number of rotatable bonds is 7. The van der Waals surface area contributed by atoms with Crippen LogP contribution in [0.1, 0.15) is 34.1 Å². The van der Waals surface area contributed by atoms with Gasteiger partial charge in [0.15, 0.2) is 0 Å². The molecule has 0 aliphatic carbocycles. The van der Waals surface area contributed by atoms with Crippen molar-refractivity contribution in [1.29, 1.82) is 5.26 Å². The van der Waals surface area contributed by atoms with Crippen LogP contribution in [0.3, 0.4) is 0 Å². The Bertz CT molecular complexity index is 1200. The number of carbonyl (C=O) groups is 2. The summed E-state index contributed by atoms with van der Waals surface area (Å²) < 4.78 is 31.8. The Morgan fingerprint density at radius 1 is 1.34 bits per heavy atom. The highest BCUT2D eigenvalue weighted by molar-refractivity contribution is 7.89. The Morgan fingerprint density at radius 2 is 2.03 bits per heavy atom. The van der Waals surface area contributed by atoms with E-state index in [0.717, 1.165) is 0 Å². The van der Waals surface area contributed by atoms with E-state index in [1.54, 1.807) is 43.0 Å². The van der Waals surface area contributed by atoms with Gasteiger partial charge in [0.2, 0.25) is 15.9 Å². The molecule has 1 aliphatic rings. The van der Waals surface area contributed by atoms with E-state index in [-0.39, 0.29) is 30.8 Å². The third-order valence-corrected chi connectivity index (χ3v) is 6.49. The van der Waals surface area contributed by atoms with Gasteiger partial charge in [-0.1, -0.05) is 29.8 Å². The van der Waals surface area contributed by atoms with Crippen LogP contribution in [0.15, 0.2) is 30.3 Å². The molecule has 2 aromatic rings. The van der Waals surface area contributed by atoms with E-state index in [1.165, 1.54) is 6.07 Å². The van der Waals surface area contributed by atoms with Gasteiger partial charge in [-0.05, 0) is 31.5 Å². The summed E-state index contributed by atoms with van der Waals surface area (Å²) in [5.41, 5.74) is 1.16. The second-order valence-electron chi connectivity index (χ2n) is 7.24. The van der Waals surface area contributed by atoms with E-state index in [9.17, 15) is 23.3 Å². The van der Waals surface area contributed by atoms with Crippen LogP contribution in [-0.2, 0) is 25.3 Å². The molecule has 168 valence electrons. The van der Waals surface area contributed by atoms with Crippen molar-refractivity contribution in [3.63, 3.8) is 0 Å². The highest BCUT2D eigenvalue weighted by Gasteiger charge is 2.37. The Morgan fingerprint density at radius 3 is 2.66 bits per heavy atom. The smallest absolute Gasteiger partial charge is 0.340 e. The molecule has 1 aromatic heterocycles. The van der Waals surface area contributed by atoms with Crippen molar-refractivity contribution in [2.45, 2.75) is 19.6 Å². The van der Waals surface area contributed by atoms with Crippen LogP contribution in [0.25, 0.3) is 0 Å². The maximum Gasteiger partial charge on any atom is 0.340 e. The normalized spacial score (nSPS) is 13.8. The van der Waals surface area contributed by atoms with Gasteiger partial charge in [0.05, 0.1) is 35.1 Å². The third-order valence-electron chi connectivity index (χ3n) is 4.92. The van der Waals surface area contributed by atoms with Gasteiger partial charge in [-0.2, -0.15) is 5.26 Å². The zero-order valence-electron chi connectivity index (χ0n) is 17.5. The van der Waals surface area contributed by atoms with E-state index in [0.29, 0.717) is 22.1 Å². The molecule has 0 bridgehead atoms. The summed E-state index contributed by atoms with van der Waals surface area (Å²) in [5.74, 6) is -1.86. The zero-order valence-corrected chi connectivity index (χ0v) is 19.0. The predicted octanol–water partition coefficient (Wildman–Crippen LogP) is 2.17. The van der Waals surface area contributed by atoms with Gasteiger partial charge in [-0.25, -0.2) is 18.2 Å². The molecule has 3 rings (SSSR count). The minimum Gasteiger partial charge on any atom is -0.462 e. The summed E-state index contributed by atoms with van der Waals surface area (Å²) in [4.78, 5) is 30.5. The van der Waals surface area contributed by atoms with E-state index in [2.05, 4.69) is 9.71 Å². The number of nitriles is 1. The van der Waals surface area contributed by atoms with Crippen LogP contribution in [0, 0.1) is 24.2 Å². The number of esters is 1. The van der Waals surface area contributed by atoms with Crippen molar-refractivity contribution in [3.05, 3.63) is 57.7 Å². The van der Waals surface area contributed by atoms with E-state index in [4.69, 9.17) is 16.3 Å². The Balaban J connectivity index is 1.66. The summed E-state index contributed by atoms with van der Waals surface area (Å²) in [6.45, 7) is 3.88. The Labute approximate surface area is 191 Å². The fourth-order valence-corrected chi connectivity index (χ4v) is 4.73. The van der Waals surface area contributed by atoms with Crippen molar-refractivity contribution >= 4 is 39.3 Å². The van der Waals surface area contributed by atoms with Crippen LogP contribution in [0.2, 0.25) is 5.02 Å². The van der Waals surface area contributed by atoms with Crippen LogP contribution < -0.4 is 9.62 Å². The lowest BCUT2D eigenvalue weighted by Crippen LogP contribution is -2.55. The first-order valence-corrected chi connectivity index (χ1v) is 11.8. The summed E-state index contributed by atoms with van der Waals surface area (Å²) in [7, 11) is -3.92. The van der Waals surface area contributed by atoms with Crippen molar-refractivity contribution in [1.82, 2.24) is 9.71 Å². The molecule has 1 N–H and O–H groups in total. The van der Waals surface area contributed by atoms with Gasteiger partial charge in [0.1, 0.15) is 11.9 Å². The average molecular weight is 477 g/mol. The number of amides is 1. The van der Waals surface area contributed by atoms with Gasteiger partial charge in [0.25, 0.3) is 0 Å². The molecule has 0 unspecified atom stereocenters. The van der Waals surface area contributed by atoms with Crippen molar-refractivity contribution in [2.75, 3.05) is 24.6 Å². The van der Waals surface area contributed by atoms with Crippen LogP contribution >= 0.6 is 11.6 Å². The van der Waals surface area contributed by atoms with Gasteiger partial charge in [0, 0.05) is 18.1 Å². The molecule has 1 aliphatic heterocycles. The van der Waals surface area contributed by atoms with Crippen LogP contribution in [-0.4, -0.2) is 45.0 Å². The minimum absolute atomic E-state index is 0.170. The standard InChI is InChI=1S/C21H21ClN4O5S/c1-3-31-21(28)17-8-15(9-23)19(24-13(17)2)26-10-16(11-26)20(27)25-32(29,30)12-14-6-4-5-7-18(14)22/h4-8,16H,3,10-12H2,1-2H3,(H,25,27). The number of pyridine rings is 1. The lowest BCUT2D eigenvalue weighted by Gasteiger charge is -2.39. The topological polar surface area (TPSA) is 129 Å². The number of nitrogens with zero attached hydrogens (tertiary/aromatic N) is 3. The second kappa shape index (κ2) is 9.54. The average Bonchev–Trinajstić information content (AvgIpc) is 2.68. The Hall–Kier alpha value is -3.16. The van der Waals surface area contributed by atoms with Gasteiger partial charge in [-0.15, -0.1) is 0 Å². The minimum atomic E-state index is -3.92. The summed E-state index contributed by atoms with van der Waals surface area (Å²) in [6.07, 6.45) is 0. The summed E-state index contributed by atoms with van der Waals surface area (Å²) in [6, 6.07) is 9.92. The maximum absolute atomic E-state index is 12.4. The monoisotopic (exact) mass is 476 g/mol. The molecule has 0 saturated carbocycles. The molecule has 11 heteroatoms. The number of hydrogen-bond donors (Lipinski definition) is 1. The fourth-order valence-electron chi connectivity index (χ4n) is 3.24. The number of carbonyl (C=O) groups excluding carboxylic acids is 2. The van der Waals surface area contributed by atoms with Gasteiger partial charge < -0.3 is 9.64 Å². The number of ether oxygens (including phenoxy) is 1. The molecule has 32 heavy (non-hydrogen) atoms. The first-order chi connectivity index (χ1) is 15.1. The van der Waals surface area contributed by atoms with Crippen LogP contribution in [0.4, 0.5) is 5.82 Å². The molecular formula is C21H21ClN4O5S. The summed E-state index contributed by atoms with van der Waals surface area (Å²) in [5, 5.41) is 9.77. The van der Waals surface area contributed by atoms with Crippen molar-refractivity contribution in [2.24, 2.45) is 5.92 Å². The molecule has 0 radical (unpaired) electrons. The first kappa shape index (κ1) is 23.5. The zero-order chi connectivity index (χ0) is 23.5. The molecule has 1 fully saturated rings. The molecule has 1 aromatic carbocycles. The number of nitrogens with one attached hydrogen (secondary N) is 1. The summed E-state index contributed by atoms with van der Waals surface area (Å²) >= 11 is 6.00. The molecular weight excluding hydrogens is 456 g/mol. The quantitative estimate of drug-likeness (QED) is 0.602. The lowest BCUT2D eigenvalue weighted by molar-refractivity contribution is -0.123. The van der Waals surface area contributed by atoms with Gasteiger partial charge in [-0.3, -0.25) is 9.52 Å². The molecule has 9 nitrogen and oxygen atoms in total. The largest absolute Gasteiger partial charge is 0.462 e. The molecule has 0 spiro atoms. The molecule has 1 saturated heterocycles. The number of sulfonamides is 1. The molecule has 0 atom stereocenters. The van der Waals surface area contributed by atoms with E-state index in [1.807, 2.05) is 6.07 Å². The predicted molar refractivity (Wildman–Crippen MR) is 118 cm³/mol. The number of halogens is 1. The lowest BCUT2D eigenvalue weighted by atomic mass is 9.98. The second-order valence-corrected chi connectivity index (χ2v) is 9.37.